The summed E-state index contributed by atoms with van der Waals surface area (Å²) in [5.41, 5.74) is 0. The Labute approximate surface area is 54.3 Å². The summed E-state index contributed by atoms with van der Waals surface area (Å²) in [7, 11) is 0. The van der Waals surface area contributed by atoms with E-state index in [1.54, 1.807) is 6.08 Å². The number of ketones is 1. The molecule has 0 aliphatic heterocycles. The SMILES string of the molecule is CC(=O)C=CCCCl. The van der Waals surface area contributed by atoms with Gasteiger partial charge in [-0.25, -0.2) is 0 Å². The molecule has 0 saturated carbocycles. The summed E-state index contributed by atoms with van der Waals surface area (Å²) in [5.74, 6) is 0.666. The molecule has 0 aromatic heterocycles. The van der Waals surface area contributed by atoms with Crippen molar-refractivity contribution in [2.75, 3.05) is 5.88 Å². The first kappa shape index (κ1) is 7.70. The van der Waals surface area contributed by atoms with E-state index in [1.165, 1.54) is 13.0 Å². The fourth-order valence-corrected chi connectivity index (χ4v) is 0.438. The van der Waals surface area contributed by atoms with Gasteiger partial charge in [-0.3, -0.25) is 4.79 Å². The molecule has 0 aromatic rings. The van der Waals surface area contributed by atoms with Crippen molar-refractivity contribution in [1.82, 2.24) is 0 Å². The van der Waals surface area contributed by atoms with Crippen LogP contribution in [0.5, 0.6) is 0 Å². The molecule has 0 amide bonds. The molecule has 0 atom stereocenters. The zero-order chi connectivity index (χ0) is 6.41. The summed E-state index contributed by atoms with van der Waals surface area (Å²) in [6.45, 7) is 1.52. The first-order chi connectivity index (χ1) is 3.77. The van der Waals surface area contributed by atoms with Crippen LogP contribution in [0.1, 0.15) is 13.3 Å². The maximum absolute atomic E-state index is 10.2. The largest absolute Gasteiger partial charge is 0.295 e. The molecule has 0 saturated heterocycles. The number of rotatable bonds is 3. The summed E-state index contributed by atoms with van der Waals surface area (Å²) < 4.78 is 0. The van der Waals surface area contributed by atoms with Crippen LogP contribution in [0.15, 0.2) is 12.2 Å². The van der Waals surface area contributed by atoms with Gasteiger partial charge in [-0.1, -0.05) is 6.08 Å². The van der Waals surface area contributed by atoms with Gasteiger partial charge in [-0.15, -0.1) is 11.6 Å². The highest BCUT2D eigenvalue weighted by Gasteiger charge is 1.78. The monoisotopic (exact) mass is 132 g/mol. The van der Waals surface area contributed by atoms with Crippen LogP contribution < -0.4 is 0 Å². The van der Waals surface area contributed by atoms with Gasteiger partial charge in [0.15, 0.2) is 5.78 Å². The van der Waals surface area contributed by atoms with E-state index in [9.17, 15) is 4.79 Å². The number of carbonyl (C=O) groups excluding carboxylic acids is 1. The molecule has 0 N–H and O–H groups in total. The van der Waals surface area contributed by atoms with Crippen LogP contribution in [0, 0.1) is 0 Å². The molecule has 0 aliphatic rings. The van der Waals surface area contributed by atoms with E-state index >= 15 is 0 Å². The van der Waals surface area contributed by atoms with Crippen molar-refractivity contribution < 1.29 is 4.79 Å². The Bertz CT molecular complexity index is 96.7. The molecule has 0 spiro atoms. The van der Waals surface area contributed by atoms with Crippen LogP contribution in [0.4, 0.5) is 0 Å². The third-order valence-electron chi connectivity index (χ3n) is 0.628. The summed E-state index contributed by atoms with van der Waals surface area (Å²) in [5, 5.41) is 0. The van der Waals surface area contributed by atoms with Crippen molar-refractivity contribution in [1.29, 1.82) is 0 Å². The third-order valence-corrected chi connectivity index (χ3v) is 0.847. The van der Waals surface area contributed by atoms with Crippen molar-refractivity contribution in [2.24, 2.45) is 0 Å². The predicted octanol–water partition coefficient (Wildman–Crippen LogP) is 1.76. The fourth-order valence-electron chi connectivity index (χ4n) is 0.312. The number of alkyl halides is 1. The molecule has 2 heteroatoms. The minimum absolute atomic E-state index is 0.0788. The van der Waals surface area contributed by atoms with Gasteiger partial charge in [-0.2, -0.15) is 0 Å². The Kier molecular flexibility index (Phi) is 4.67. The van der Waals surface area contributed by atoms with Gasteiger partial charge in [0.25, 0.3) is 0 Å². The Hall–Kier alpha value is -0.300. The molecule has 0 aliphatic carbocycles. The van der Waals surface area contributed by atoms with Crippen LogP contribution in [0.3, 0.4) is 0 Å². The van der Waals surface area contributed by atoms with E-state index in [2.05, 4.69) is 0 Å². The summed E-state index contributed by atoms with van der Waals surface area (Å²) in [4.78, 5) is 10.2. The molecule has 0 aromatic carbocycles. The molecule has 0 bridgehead atoms. The lowest BCUT2D eigenvalue weighted by Crippen LogP contribution is -1.79. The van der Waals surface area contributed by atoms with Crippen LogP contribution in [-0.4, -0.2) is 11.7 Å². The number of halogens is 1. The normalized spacial score (nSPS) is 10.2. The molecule has 0 radical (unpaired) electrons. The molecule has 46 valence electrons. The minimum atomic E-state index is 0.0788. The van der Waals surface area contributed by atoms with Crippen LogP contribution in [0.2, 0.25) is 0 Å². The maximum atomic E-state index is 10.2. The van der Waals surface area contributed by atoms with Crippen molar-refractivity contribution in [3.8, 4) is 0 Å². The van der Waals surface area contributed by atoms with Crippen LogP contribution in [0.25, 0.3) is 0 Å². The van der Waals surface area contributed by atoms with E-state index in [-0.39, 0.29) is 5.78 Å². The molecular formula is C6H9ClO. The quantitative estimate of drug-likeness (QED) is 0.423. The lowest BCUT2D eigenvalue weighted by atomic mass is 10.3. The first-order valence-corrected chi connectivity index (χ1v) is 3.04. The van der Waals surface area contributed by atoms with Gasteiger partial charge in [0.2, 0.25) is 0 Å². The lowest BCUT2D eigenvalue weighted by Gasteiger charge is -1.78. The van der Waals surface area contributed by atoms with Gasteiger partial charge < -0.3 is 0 Å². The van der Waals surface area contributed by atoms with E-state index in [0.29, 0.717) is 5.88 Å². The second-order valence-corrected chi connectivity index (χ2v) is 1.87. The van der Waals surface area contributed by atoms with Gasteiger partial charge in [-0.05, 0) is 19.4 Å². The zero-order valence-electron chi connectivity index (χ0n) is 4.86. The van der Waals surface area contributed by atoms with E-state index in [1.807, 2.05) is 0 Å². The van der Waals surface area contributed by atoms with Gasteiger partial charge in [0.1, 0.15) is 0 Å². The van der Waals surface area contributed by atoms with Crippen molar-refractivity contribution in [2.45, 2.75) is 13.3 Å². The molecule has 1 nitrogen and oxygen atoms in total. The van der Waals surface area contributed by atoms with E-state index in [0.717, 1.165) is 6.42 Å². The molecule has 8 heavy (non-hydrogen) atoms. The molecule has 0 unspecified atom stereocenters. The standard InChI is InChI=1S/C6H9ClO/c1-6(8)4-2-3-5-7/h2,4H,3,5H2,1H3. The number of hydrogen-bond acceptors (Lipinski definition) is 1. The average Bonchev–Trinajstić information content (AvgIpc) is 1.66. The highest BCUT2D eigenvalue weighted by atomic mass is 35.5. The second kappa shape index (κ2) is 4.85. The lowest BCUT2D eigenvalue weighted by molar-refractivity contribution is -0.112. The number of allylic oxidation sites excluding steroid dienone is 2. The van der Waals surface area contributed by atoms with Crippen molar-refractivity contribution in [3.05, 3.63) is 12.2 Å². The van der Waals surface area contributed by atoms with Crippen molar-refractivity contribution in [3.63, 3.8) is 0 Å². The predicted molar refractivity (Wildman–Crippen MR) is 35.2 cm³/mol. The Morgan fingerprint density at radius 2 is 2.38 bits per heavy atom. The molecular weight excluding hydrogens is 124 g/mol. The smallest absolute Gasteiger partial charge is 0.152 e. The highest BCUT2D eigenvalue weighted by molar-refractivity contribution is 6.17. The van der Waals surface area contributed by atoms with Crippen LogP contribution in [-0.2, 0) is 4.79 Å². The average molecular weight is 133 g/mol. The topological polar surface area (TPSA) is 17.1 Å². The molecule has 0 fully saturated rings. The van der Waals surface area contributed by atoms with Crippen molar-refractivity contribution >= 4 is 17.4 Å². The Balaban J connectivity index is 3.20. The molecule has 0 rings (SSSR count). The molecule has 0 heterocycles. The highest BCUT2D eigenvalue weighted by Crippen LogP contribution is 1.85. The maximum Gasteiger partial charge on any atom is 0.152 e. The number of hydrogen-bond donors (Lipinski definition) is 0. The third kappa shape index (κ3) is 5.70. The fraction of sp³-hybridized carbons (Fsp3) is 0.500. The summed E-state index contributed by atoms with van der Waals surface area (Å²) >= 11 is 5.32. The number of carbonyl (C=O) groups is 1. The second-order valence-electron chi connectivity index (χ2n) is 1.49. The minimum Gasteiger partial charge on any atom is -0.295 e. The first-order valence-electron chi connectivity index (χ1n) is 2.50. The van der Waals surface area contributed by atoms with Gasteiger partial charge >= 0.3 is 0 Å². The van der Waals surface area contributed by atoms with Crippen LogP contribution >= 0.6 is 11.6 Å². The summed E-state index contributed by atoms with van der Waals surface area (Å²) in [6.07, 6.45) is 4.08. The van der Waals surface area contributed by atoms with E-state index < -0.39 is 0 Å². The Morgan fingerprint density at radius 1 is 1.75 bits per heavy atom. The van der Waals surface area contributed by atoms with Gasteiger partial charge in [0.05, 0.1) is 0 Å². The van der Waals surface area contributed by atoms with Gasteiger partial charge in [0, 0.05) is 5.88 Å². The Morgan fingerprint density at radius 3 is 2.75 bits per heavy atom. The zero-order valence-corrected chi connectivity index (χ0v) is 5.61. The van der Waals surface area contributed by atoms with E-state index in [4.69, 9.17) is 11.6 Å². The summed E-state index contributed by atoms with van der Waals surface area (Å²) in [6, 6.07) is 0.